The van der Waals surface area contributed by atoms with Crippen molar-refractivity contribution in [2.24, 2.45) is 4.99 Å². The molecule has 1 atom stereocenters. The Morgan fingerprint density at radius 2 is 2.71 bits per heavy atom. The highest BCUT2D eigenvalue weighted by Crippen LogP contribution is 1.90. The van der Waals surface area contributed by atoms with Crippen LogP contribution < -0.4 is 0 Å². The summed E-state index contributed by atoms with van der Waals surface area (Å²) in [6.07, 6.45) is 0.336. The van der Waals surface area contributed by atoms with Crippen LogP contribution in [0, 0.1) is 0 Å². The number of rotatable bonds is 0. The molecule has 1 aliphatic heterocycles. The molecule has 3 nitrogen and oxygen atoms in total. The molecule has 0 bridgehead atoms. The molecule has 1 aliphatic rings. The van der Waals surface area contributed by atoms with Gasteiger partial charge in [0.05, 0.1) is 0 Å². The van der Waals surface area contributed by atoms with Crippen LogP contribution in [-0.4, -0.2) is 29.8 Å². The maximum Gasteiger partial charge on any atom is 0.188 e. The molecule has 1 rings (SSSR count). The standard InChI is InChI=1S/C4H5NO2/c6-3-1-5-2-4(3)7/h1,3,6H,2H2/t3-/m0/s1. The predicted octanol–water partition coefficient (Wildman–Crippen LogP) is -0.999. The van der Waals surface area contributed by atoms with Gasteiger partial charge in [-0.2, -0.15) is 0 Å². The van der Waals surface area contributed by atoms with Crippen molar-refractivity contribution < 1.29 is 9.90 Å². The molecule has 0 amide bonds. The van der Waals surface area contributed by atoms with E-state index in [4.69, 9.17) is 5.11 Å². The van der Waals surface area contributed by atoms with Crippen LogP contribution in [0.5, 0.6) is 0 Å². The highest BCUT2D eigenvalue weighted by Gasteiger charge is 2.15. The smallest absolute Gasteiger partial charge is 0.188 e. The number of nitrogens with zero attached hydrogens (tertiary/aromatic N) is 1. The summed E-state index contributed by atoms with van der Waals surface area (Å²) in [5.74, 6) is -0.208. The molecule has 0 aromatic carbocycles. The summed E-state index contributed by atoms with van der Waals surface area (Å²) in [4.78, 5) is 13.7. The van der Waals surface area contributed by atoms with Crippen LogP contribution in [0.2, 0.25) is 0 Å². The molecule has 3 heteroatoms. The van der Waals surface area contributed by atoms with Crippen molar-refractivity contribution in [1.29, 1.82) is 0 Å². The molecule has 1 heterocycles. The number of aliphatic hydroxyl groups is 1. The van der Waals surface area contributed by atoms with Gasteiger partial charge >= 0.3 is 0 Å². The first kappa shape index (κ1) is 4.46. The van der Waals surface area contributed by atoms with Gasteiger partial charge in [-0.05, 0) is 0 Å². The van der Waals surface area contributed by atoms with E-state index in [1.54, 1.807) is 0 Å². The summed E-state index contributed by atoms with van der Waals surface area (Å²) < 4.78 is 0. The number of carbonyl (C=O) groups excluding carboxylic acids is 1. The predicted molar refractivity (Wildman–Crippen MR) is 24.4 cm³/mol. The monoisotopic (exact) mass is 99.0 g/mol. The van der Waals surface area contributed by atoms with Gasteiger partial charge in [-0.15, -0.1) is 0 Å². The lowest BCUT2D eigenvalue weighted by Gasteiger charge is -1.87. The van der Waals surface area contributed by atoms with Crippen molar-refractivity contribution in [3.63, 3.8) is 0 Å². The fraction of sp³-hybridized carbons (Fsp3) is 0.500. The van der Waals surface area contributed by atoms with Gasteiger partial charge in [0.1, 0.15) is 12.6 Å². The Hall–Kier alpha value is -0.700. The Morgan fingerprint density at radius 3 is 2.86 bits per heavy atom. The van der Waals surface area contributed by atoms with Gasteiger partial charge in [0.25, 0.3) is 0 Å². The molecule has 0 aliphatic carbocycles. The Bertz CT molecular complexity index is 119. The molecular weight excluding hydrogens is 94.0 g/mol. The third kappa shape index (κ3) is 0.667. The summed E-state index contributed by atoms with van der Waals surface area (Å²) in [7, 11) is 0. The van der Waals surface area contributed by atoms with Gasteiger partial charge in [0, 0.05) is 6.21 Å². The zero-order valence-corrected chi connectivity index (χ0v) is 3.66. The molecule has 7 heavy (non-hydrogen) atoms. The summed E-state index contributed by atoms with van der Waals surface area (Å²) in [5, 5.41) is 8.50. The Morgan fingerprint density at radius 1 is 2.00 bits per heavy atom. The van der Waals surface area contributed by atoms with Crippen molar-refractivity contribution >= 4 is 12.0 Å². The Labute approximate surface area is 40.7 Å². The summed E-state index contributed by atoms with van der Waals surface area (Å²) in [6.45, 7) is 0.154. The number of hydrogen-bond acceptors (Lipinski definition) is 3. The molecule has 0 aromatic heterocycles. The molecule has 1 N–H and O–H groups in total. The summed E-state index contributed by atoms with van der Waals surface area (Å²) in [6, 6.07) is 0. The van der Waals surface area contributed by atoms with Crippen molar-refractivity contribution in [2.75, 3.05) is 6.54 Å². The van der Waals surface area contributed by atoms with Crippen LogP contribution in [0.15, 0.2) is 4.99 Å². The number of carbonyl (C=O) groups is 1. The van der Waals surface area contributed by atoms with Crippen LogP contribution in [0.25, 0.3) is 0 Å². The van der Waals surface area contributed by atoms with Crippen molar-refractivity contribution in [1.82, 2.24) is 0 Å². The Balaban J connectivity index is 2.62. The number of hydrogen-bond donors (Lipinski definition) is 1. The van der Waals surface area contributed by atoms with E-state index >= 15 is 0 Å². The third-order valence-electron chi connectivity index (χ3n) is 0.824. The first-order valence-corrected chi connectivity index (χ1v) is 2.01. The lowest BCUT2D eigenvalue weighted by atomic mass is 10.3. The highest BCUT2D eigenvalue weighted by atomic mass is 16.3. The second kappa shape index (κ2) is 1.42. The van der Waals surface area contributed by atoms with Crippen LogP contribution in [0.3, 0.4) is 0 Å². The number of aliphatic hydroxyl groups excluding tert-OH is 1. The highest BCUT2D eigenvalue weighted by molar-refractivity contribution is 6.03. The fourth-order valence-electron chi connectivity index (χ4n) is 0.419. The van der Waals surface area contributed by atoms with E-state index in [-0.39, 0.29) is 12.3 Å². The molecule has 0 unspecified atom stereocenters. The first-order chi connectivity index (χ1) is 3.30. The quantitative estimate of drug-likeness (QED) is 0.423. The minimum absolute atomic E-state index is 0.154. The normalized spacial score (nSPS) is 29.3. The van der Waals surface area contributed by atoms with Gasteiger partial charge in [-0.25, -0.2) is 0 Å². The minimum atomic E-state index is -0.917. The maximum absolute atomic E-state index is 10.2. The van der Waals surface area contributed by atoms with Gasteiger partial charge in [0.15, 0.2) is 5.78 Å². The largest absolute Gasteiger partial charge is 0.380 e. The average Bonchev–Trinajstić information content (AvgIpc) is 1.91. The maximum atomic E-state index is 10.2. The first-order valence-electron chi connectivity index (χ1n) is 2.01. The molecule has 0 radical (unpaired) electrons. The second-order valence-corrected chi connectivity index (χ2v) is 1.40. The van der Waals surface area contributed by atoms with Crippen LogP contribution in [0.4, 0.5) is 0 Å². The van der Waals surface area contributed by atoms with Gasteiger partial charge in [-0.3, -0.25) is 9.79 Å². The SMILES string of the molecule is O=C1CN=C[C@@H]1O. The Kier molecular flexibility index (Phi) is 0.906. The van der Waals surface area contributed by atoms with E-state index in [1.807, 2.05) is 0 Å². The van der Waals surface area contributed by atoms with Crippen molar-refractivity contribution in [2.45, 2.75) is 6.10 Å². The second-order valence-electron chi connectivity index (χ2n) is 1.40. The van der Waals surface area contributed by atoms with Gasteiger partial charge in [-0.1, -0.05) is 0 Å². The van der Waals surface area contributed by atoms with E-state index in [2.05, 4.69) is 4.99 Å². The van der Waals surface area contributed by atoms with Gasteiger partial charge in [0.2, 0.25) is 0 Å². The molecule has 0 spiro atoms. The van der Waals surface area contributed by atoms with E-state index in [1.165, 1.54) is 6.21 Å². The van der Waals surface area contributed by atoms with Gasteiger partial charge < -0.3 is 5.11 Å². The minimum Gasteiger partial charge on any atom is -0.380 e. The number of Topliss-reactive ketones (excluding diaryl/α,β-unsaturated/α-hetero) is 1. The molecular formula is C4H5NO2. The molecule has 0 aromatic rings. The zero-order chi connectivity index (χ0) is 5.28. The number of aliphatic imine (C=N–C) groups is 1. The summed E-state index contributed by atoms with van der Waals surface area (Å²) >= 11 is 0. The summed E-state index contributed by atoms with van der Waals surface area (Å²) in [5.41, 5.74) is 0. The number of ketones is 1. The molecule has 0 saturated carbocycles. The van der Waals surface area contributed by atoms with E-state index in [0.717, 1.165) is 0 Å². The van der Waals surface area contributed by atoms with Crippen LogP contribution in [0.1, 0.15) is 0 Å². The van der Waals surface area contributed by atoms with Crippen LogP contribution in [-0.2, 0) is 4.79 Å². The van der Waals surface area contributed by atoms with E-state index in [9.17, 15) is 4.79 Å². The topological polar surface area (TPSA) is 49.7 Å². The van der Waals surface area contributed by atoms with E-state index < -0.39 is 6.10 Å². The molecule has 0 fully saturated rings. The third-order valence-corrected chi connectivity index (χ3v) is 0.824. The average molecular weight is 99.1 g/mol. The van der Waals surface area contributed by atoms with Crippen molar-refractivity contribution in [3.8, 4) is 0 Å². The molecule has 0 saturated heterocycles. The fourth-order valence-corrected chi connectivity index (χ4v) is 0.419. The lowest BCUT2D eigenvalue weighted by Crippen LogP contribution is -2.16. The van der Waals surface area contributed by atoms with Crippen LogP contribution >= 0.6 is 0 Å². The van der Waals surface area contributed by atoms with E-state index in [0.29, 0.717) is 0 Å². The van der Waals surface area contributed by atoms with Crippen molar-refractivity contribution in [3.05, 3.63) is 0 Å². The lowest BCUT2D eigenvalue weighted by molar-refractivity contribution is -0.121. The molecule has 38 valence electrons. The zero-order valence-electron chi connectivity index (χ0n) is 3.66.